The van der Waals surface area contributed by atoms with E-state index in [0.29, 0.717) is 0 Å². The third-order valence-corrected chi connectivity index (χ3v) is 3.92. The molecular weight excluding hydrogens is 218 g/mol. The SMILES string of the molecule is CC1(C)[C@]2(C(=O)O)C(=O)NC(=O)[C@@]12C(=O)O. The van der Waals surface area contributed by atoms with Crippen molar-refractivity contribution in [3.05, 3.63) is 0 Å². The van der Waals surface area contributed by atoms with Crippen molar-refractivity contribution in [3.63, 3.8) is 0 Å². The average molecular weight is 227 g/mol. The number of carbonyl (C=O) groups excluding carboxylic acids is 2. The van der Waals surface area contributed by atoms with Crippen LogP contribution < -0.4 is 5.32 Å². The van der Waals surface area contributed by atoms with Crippen LogP contribution in [0.2, 0.25) is 0 Å². The molecule has 1 heterocycles. The fraction of sp³-hybridized carbons (Fsp3) is 0.556. The Balaban J connectivity index is 2.77. The molecule has 1 saturated carbocycles. The maximum absolute atomic E-state index is 11.5. The molecule has 0 aromatic carbocycles. The van der Waals surface area contributed by atoms with Crippen molar-refractivity contribution in [1.29, 1.82) is 0 Å². The van der Waals surface area contributed by atoms with Crippen LogP contribution in [-0.4, -0.2) is 34.0 Å². The molecule has 86 valence electrons. The van der Waals surface area contributed by atoms with Gasteiger partial charge in [-0.2, -0.15) is 0 Å². The molecule has 3 N–H and O–H groups in total. The second-order valence-corrected chi connectivity index (χ2v) is 4.52. The van der Waals surface area contributed by atoms with Crippen molar-refractivity contribution in [1.82, 2.24) is 5.32 Å². The average Bonchev–Trinajstić information content (AvgIpc) is 2.44. The molecule has 0 radical (unpaired) electrons. The Morgan fingerprint density at radius 3 is 1.50 bits per heavy atom. The van der Waals surface area contributed by atoms with Gasteiger partial charge in [-0.15, -0.1) is 0 Å². The predicted molar refractivity (Wildman–Crippen MR) is 47.1 cm³/mol. The Labute approximate surface area is 89.4 Å². The van der Waals surface area contributed by atoms with Crippen molar-refractivity contribution in [3.8, 4) is 0 Å². The van der Waals surface area contributed by atoms with E-state index in [0.717, 1.165) is 0 Å². The summed E-state index contributed by atoms with van der Waals surface area (Å²) in [6.45, 7) is 2.60. The van der Waals surface area contributed by atoms with E-state index in [1.54, 1.807) is 5.32 Å². The number of carbonyl (C=O) groups is 4. The number of imide groups is 1. The Kier molecular flexibility index (Phi) is 1.49. The lowest BCUT2D eigenvalue weighted by Gasteiger charge is -2.13. The van der Waals surface area contributed by atoms with Crippen molar-refractivity contribution < 1.29 is 29.4 Å². The predicted octanol–water partition coefficient (Wildman–Crippen LogP) is -1.18. The summed E-state index contributed by atoms with van der Waals surface area (Å²) in [7, 11) is 0. The van der Waals surface area contributed by atoms with Crippen molar-refractivity contribution in [2.45, 2.75) is 13.8 Å². The first-order valence-corrected chi connectivity index (χ1v) is 4.51. The summed E-state index contributed by atoms with van der Waals surface area (Å²) in [5, 5.41) is 19.9. The minimum absolute atomic E-state index is 1.04. The summed E-state index contributed by atoms with van der Waals surface area (Å²) < 4.78 is 0. The van der Waals surface area contributed by atoms with Gasteiger partial charge in [0, 0.05) is 5.41 Å². The molecule has 1 aliphatic heterocycles. The van der Waals surface area contributed by atoms with Gasteiger partial charge in [-0.1, -0.05) is 13.8 Å². The van der Waals surface area contributed by atoms with Gasteiger partial charge in [0.1, 0.15) is 0 Å². The minimum atomic E-state index is -2.18. The third-order valence-electron chi connectivity index (χ3n) is 3.92. The standard InChI is InChI=1S/C9H9NO6/c1-7(2)8(5(13)14)3(11)10-4(12)9(7,8)6(15)16/h1-2H3,(H,13,14)(H,15,16)(H,10,11,12)/t8-,9-/m1/s1. The second-order valence-electron chi connectivity index (χ2n) is 4.52. The van der Waals surface area contributed by atoms with E-state index in [1.807, 2.05) is 0 Å². The molecule has 7 heteroatoms. The molecule has 0 aromatic heterocycles. The Bertz CT molecular complexity index is 427. The van der Waals surface area contributed by atoms with Gasteiger partial charge < -0.3 is 10.2 Å². The highest BCUT2D eigenvalue weighted by molar-refractivity contribution is 6.32. The molecule has 1 aliphatic carbocycles. The molecule has 0 spiro atoms. The molecule has 2 aliphatic rings. The lowest BCUT2D eigenvalue weighted by atomic mass is 9.95. The molecule has 0 bridgehead atoms. The number of fused-ring (bicyclic) bond motifs is 1. The first-order chi connectivity index (χ1) is 7.19. The van der Waals surface area contributed by atoms with Gasteiger partial charge in [0.2, 0.25) is 11.8 Å². The maximum atomic E-state index is 11.5. The van der Waals surface area contributed by atoms with Crippen LogP contribution in [0, 0.1) is 16.2 Å². The molecule has 2 fully saturated rings. The van der Waals surface area contributed by atoms with E-state index in [4.69, 9.17) is 10.2 Å². The van der Waals surface area contributed by atoms with E-state index in [2.05, 4.69) is 0 Å². The van der Waals surface area contributed by atoms with Gasteiger partial charge >= 0.3 is 11.9 Å². The highest BCUT2D eigenvalue weighted by atomic mass is 16.4. The number of carboxylic acids is 2. The zero-order valence-corrected chi connectivity index (χ0v) is 8.53. The van der Waals surface area contributed by atoms with E-state index < -0.39 is 40.0 Å². The van der Waals surface area contributed by atoms with Crippen LogP contribution in [0.3, 0.4) is 0 Å². The van der Waals surface area contributed by atoms with Crippen molar-refractivity contribution in [2.24, 2.45) is 16.2 Å². The highest BCUT2D eigenvalue weighted by Crippen LogP contribution is 2.80. The summed E-state index contributed by atoms with van der Waals surface area (Å²) in [5.74, 6) is -5.25. The first kappa shape index (κ1) is 10.6. The van der Waals surface area contributed by atoms with Gasteiger partial charge in [-0.25, -0.2) is 0 Å². The van der Waals surface area contributed by atoms with E-state index in [-0.39, 0.29) is 0 Å². The zero-order chi connectivity index (χ0) is 12.5. The molecule has 0 unspecified atom stereocenters. The Morgan fingerprint density at radius 1 is 1.00 bits per heavy atom. The molecule has 7 nitrogen and oxygen atoms in total. The van der Waals surface area contributed by atoms with Crippen LogP contribution in [-0.2, 0) is 19.2 Å². The number of rotatable bonds is 2. The second kappa shape index (κ2) is 2.26. The van der Waals surface area contributed by atoms with Crippen LogP contribution in [0.4, 0.5) is 0 Å². The highest BCUT2D eigenvalue weighted by Gasteiger charge is 3.00. The quantitative estimate of drug-likeness (QED) is 0.403. The maximum Gasteiger partial charge on any atom is 0.321 e. The van der Waals surface area contributed by atoms with Crippen molar-refractivity contribution in [2.75, 3.05) is 0 Å². The van der Waals surface area contributed by atoms with Gasteiger partial charge in [-0.05, 0) is 0 Å². The Hall–Kier alpha value is -1.92. The van der Waals surface area contributed by atoms with Gasteiger partial charge in [0.15, 0.2) is 10.8 Å². The summed E-state index contributed by atoms with van der Waals surface area (Å²) in [5.41, 5.74) is -5.77. The smallest absolute Gasteiger partial charge is 0.321 e. The molecular formula is C9H9NO6. The van der Waals surface area contributed by atoms with Crippen LogP contribution in [0.5, 0.6) is 0 Å². The molecule has 16 heavy (non-hydrogen) atoms. The van der Waals surface area contributed by atoms with E-state index >= 15 is 0 Å². The van der Waals surface area contributed by atoms with Crippen LogP contribution in [0.1, 0.15) is 13.8 Å². The third kappa shape index (κ3) is 0.568. The summed E-state index contributed by atoms with van der Waals surface area (Å²) in [6.07, 6.45) is 0. The fourth-order valence-electron chi connectivity index (χ4n) is 3.12. The number of hydrogen-bond donors (Lipinski definition) is 3. The first-order valence-electron chi connectivity index (χ1n) is 4.51. The number of piperidine rings is 1. The number of carboxylic acid groups (broad SMARTS) is 2. The monoisotopic (exact) mass is 227 g/mol. The van der Waals surface area contributed by atoms with E-state index in [9.17, 15) is 19.2 Å². The van der Waals surface area contributed by atoms with Gasteiger partial charge in [0.25, 0.3) is 0 Å². The lowest BCUT2D eigenvalue weighted by molar-refractivity contribution is -0.156. The summed E-state index contributed by atoms with van der Waals surface area (Å²) in [6, 6.07) is 0. The number of nitrogens with one attached hydrogen (secondary N) is 1. The molecule has 0 aromatic rings. The minimum Gasteiger partial charge on any atom is -0.480 e. The van der Waals surface area contributed by atoms with Crippen LogP contribution >= 0.6 is 0 Å². The molecule has 2 amide bonds. The molecule has 1 saturated heterocycles. The normalized spacial score (nSPS) is 38.9. The van der Waals surface area contributed by atoms with Crippen LogP contribution in [0.15, 0.2) is 0 Å². The lowest BCUT2D eigenvalue weighted by Crippen LogP contribution is -2.39. The Morgan fingerprint density at radius 2 is 1.31 bits per heavy atom. The topological polar surface area (TPSA) is 121 Å². The van der Waals surface area contributed by atoms with Crippen molar-refractivity contribution >= 4 is 23.8 Å². The van der Waals surface area contributed by atoms with Crippen LogP contribution in [0.25, 0.3) is 0 Å². The van der Waals surface area contributed by atoms with E-state index in [1.165, 1.54) is 13.8 Å². The summed E-state index contributed by atoms with van der Waals surface area (Å²) in [4.78, 5) is 45.4. The summed E-state index contributed by atoms with van der Waals surface area (Å²) >= 11 is 0. The molecule has 2 atom stereocenters. The van der Waals surface area contributed by atoms with Gasteiger partial charge in [-0.3, -0.25) is 24.5 Å². The largest absolute Gasteiger partial charge is 0.480 e. The fourth-order valence-corrected chi connectivity index (χ4v) is 3.12. The molecule has 2 rings (SSSR count). The van der Waals surface area contributed by atoms with Gasteiger partial charge in [0.05, 0.1) is 0 Å². The zero-order valence-electron chi connectivity index (χ0n) is 8.53. The number of hydrogen-bond acceptors (Lipinski definition) is 4. The number of amides is 2. The number of aliphatic carboxylic acids is 2.